The number of sulfonamides is 1. The summed E-state index contributed by atoms with van der Waals surface area (Å²) < 4.78 is 27.3. The number of carbonyl (C=O) groups is 1. The average Bonchev–Trinajstić information content (AvgIpc) is 2.95. The summed E-state index contributed by atoms with van der Waals surface area (Å²) in [5.74, 6) is 1.23. The number of piperidine rings is 1. The predicted molar refractivity (Wildman–Crippen MR) is 79.1 cm³/mol. The van der Waals surface area contributed by atoms with E-state index in [4.69, 9.17) is 0 Å². The van der Waals surface area contributed by atoms with Crippen molar-refractivity contribution in [1.82, 2.24) is 9.62 Å². The fourth-order valence-electron chi connectivity index (χ4n) is 4.98. The summed E-state index contributed by atoms with van der Waals surface area (Å²) in [6.45, 7) is 1.16. The van der Waals surface area contributed by atoms with Gasteiger partial charge < -0.3 is 5.32 Å². The van der Waals surface area contributed by atoms with Crippen molar-refractivity contribution in [1.29, 1.82) is 0 Å². The molecule has 118 valence electrons. The molecule has 4 rings (SSSR count). The van der Waals surface area contributed by atoms with Crippen LogP contribution in [0.5, 0.6) is 0 Å². The normalized spacial score (nSPS) is 39.0. The van der Waals surface area contributed by atoms with Gasteiger partial charge in [0.25, 0.3) is 0 Å². The molecule has 5 nitrogen and oxygen atoms in total. The summed E-state index contributed by atoms with van der Waals surface area (Å²) in [5, 5.41) is 2.96. The van der Waals surface area contributed by atoms with E-state index < -0.39 is 10.0 Å². The van der Waals surface area contributed by atoms with Gasteiger partial charge in [-0.25, -0.2) is 12.7 Å². The second-order valence-electron chi connectivity index (χ2n) is 7.40. The van der Waals surface area contributed by atoms with E-state index in [0.717, 1.165) is 32.1 Å². The third-order valence-corrected chi connectivity index (χ3v) is 8.78. The third kappa shape index (κ3) is 2.13. The molecule has 0 radical (unpaired) electrons. The lowest BCUT2D eigenvalue weighted by Crippen LogP contribution is -2.56. The van der Waals surface area contributed by atoms with E-state index in [1.54, 1.807) is 4.31 Å². The SMILES string of the molecule is O=C1CCC2(CCN(S(=O)(=O)C3CC4CCCC43)CC2)N1. The lowest BCUT2D eigenvalue weighted by molar-refractivity contribution is -0.120. The van der Waals surface area contributed by atoms with Gasteiger partial charge in [0.2, 0.25) is 15.9 Å². The first-order valence-corrected chi connectivity index (χ1v) is 9.81. The van der Waals surface area contributed by atoms with E-state index in [-0.39, 0.29) is 16.7 Å². The molecule has 1 spiro atoms. The molecule has 1 N–H and O–H groups in total. The van der Waals surface area contributed by atoms with Gasteiger partial charge in [-0.1, -0.05) is 12.8 Å². The van der Waals surface area contributed by atoms with Crippen molar-refractivity contribution in [3.63, 3.8) is 0 Å². The second-order valence-corrected chi connectivity index (χ2v) is 9.55. The summed E-state index contributed by atoms with van der Waals surface area (Å²) in [4.78, 5) is 11.4. The number of fused-ring (bicyclic) bond motifs is 1. The largest absolute Gasteiger partial charge is 0.351 e. The molecule has 2 aliphatic carbocycles. The van der Waals surface area contributed by atoms with Crippen molar-refractivity contribution in [2.24, 2.45) is 11.8 Å². The molecule has 4 aliphatic rings. The molecule has 0 aromatic carbocycles. The number of carbonyl (C=O) groups excluding carboxylic acids is 1. The third-order valence-electron chi connectivity index (χ3n) is 6.39. The van der Waals surface area contributed by atoms with Crippen LogP contribution >= 0.6 is 0 Å². The van der Waals surface area contributed by atoms with Crippen LogP contribution in [-0.2, 0) is 14.8 Å². The van der Waals surface area contributed by atoms with Crippen LogP contribution in [0.4, 0.5) is 0 Å². The number of rotatable bonds is 2. The van der Waals surface area contributed by atoms with Gasteiger partial charge in [-0.15, -0.1) is 0 Å². The van der Waals surface area contributed by atoms with Crippen molar-refractivity contribution < 1.29 is 13.2 Å². The molecule has 0 aromatic heterocycles. The zero-order valence-electron chi connectivity index (χ0n) is 12.4. The van der Waals surface area contributed by atoms with Gasteiger partial charge >= 0.3 is 0 Å². The molecule has 2 heterocycles. The van der Waals surface area contributed by atoms with Crippen molar-refractivity contribution in [3.8, 4) is 0 Å². The Morgan fingerprint density at radius 1 is 1.14 bits per heavy atom. The lowest BCUT2D eigenvalue weighted by atomic mass is 9.76. The topological polar surface area (TPSA) is 66.5 Å². The monoisotopic (exact) mass is 312 g/mol. The van der Waals surface area contributed by atoms with E-state index in [1.165, 1.54) is 12.8 Å². The molecule has 3 unspecified atom stereocenters. The molecule has 2 saturated heterocycles. The summed E-state index contributed by atoms with van der Waals surface area (Å²) in [5.41, 5.74) is -0.112. The minimum Gasteiger partial charge on any atom is -0.351 e. The first-order valence-electron chi connectivity index (χ1n) is 8.30. The Kier molecular flexibility index (Phi) is 3.12. The van der Waals surface area contributed by atoms with E-state index in [1.807, 2.05) is 0 Å². The number of nitrogens with one attached hydrogen (secondary N) is 1. The van der Waals surface area contributed by atoms with E-state index in [0.29, 0.717) is 31.3 Å². The minimum atomic E-state index is -3.12. The molecule has 0 bridgehead atoms. The molecule has 21 heavy (non-hydrogen) atoms. The smallest absolute Gasteiger partial charge is 0.220 e. The predicted octanol–water partition coefficient (Wildman–Crippen LogP) is 1.25. The van der Waals surface area contributed by atoms with Crippen LogP contribution in [0.15, 0.2) is 0 Å². The van der Waals surface area contributed by atoms with Gasteiger partial charge in [0.15, 0.2) is 0 Å². The minimum absolute atomic E-state index is 0.112. The van der Waals surface area contributed by atoms with Crippen LogP contribution in [0.2, 0.25) is 0 Å². The van der Waals surface area contributed by atoms with Crippen molar-refractivity contribution >= 4 is 15.9 Å². The van der Waals surface area contributed by atoms with Gasteiger partial charge in [-0.2, -0.15) is 0 Å². The Morgan fingerprint density at radius 2 is 1.90 bits per heavy atom. The zero-order valence-corrected chi connectivity index (χ0v) is 13.2. The summed E-state index contributed by atoms with van der Waals surface area (Å²) in [7, 11) is -3.12. The van der Waals surface area contributed by atoms with Crippen molar-refractivity contribution in [2.75, 3.05) is 13.1 Å². The fraction of sp³-hybridized carbons (Fsp3) is 0.933. The second kappa shape index (κ2) is 4.69. The molecule has 2 saturated carbocycles. The average molecular weight is 312 g/mol. The quantitative estimate of drug-likeness (QED) is 0.834. The van der Waals surface area contributed by atoms with Gasteiger partial charge in [0, 0.05) is 25.0 Å². The molecule has 3 atom stereocenters. The van der Waals surface area contributed by atoms with Gasteiger partial charge in [-0.05, 0) is 43.9 Å². The van der Waals surface area contributed by atoms with Crippen LogP contribution in [0, 0.1) is 11.8 Å². The fourth-order valence-corrected chi connectivity index (χ4v) is 7.34. The highest BCUT2D eigenvalue weighted by Gasteiger charge is 2.53. The molecule has 4 fully saturated rings. The van der Waals surface area contributed by atoms with Crippen LogP contribution in [-0.4, -0.2) is 42.5 Å². The van der Waals surface area contributed by atoms with Gasteiger partial charge in [-0.3, -0.25) is 4.79 Å². The first-order chi connectivity index (χ1) is 10.0. The highest BCUT2D eigenvalue weighted by Crippen LogP contribution is 2.51. The number of hydrogen-bond donors (Lipinski definition) is 1. The van der Waals surface area contributed by atoms with Crippen LogP contribution in [0.1, 0.15) is 51.4 Å². The van der Waals surface area contributed by atoms with Crippen molar-refractivity contribution in [2.45, 2.75) is 62.2 Å². The molecule has 2 aliphatic heterocycles. The Hall–Kier alpha value is -0.620. The highest BCUT2D eigenvalue weighted by atomic mass is 32.2. The standard InChI is InChI=1S/C15H24N2O3S/c18-14-4-5-15(16-14)6-8-17(9-7-15)21(19,20)13-10-11-2-1-3-12(11)13/h11-13H,1-10H2,(H,16,18). The van der Waals surface area contributed by atoms with E-state index in [2.05, 4.69) is 5.32 Å². The van der Waals surface area contributed by atoms with Gasteiger partial charge in [0.05, 0.1) is 5.25 Å². The molecular formula is C15H24N2O3S. The Balaban J connectivity index is 1.42. The van der Waals surface area contributed by atoms with Crippen LogP contribution in [0.3, 0.4) is 0 Å². The van der Waals surface area contributed by atoms with Gasteiger partial charge in [0.1, 0.15) is 0 Å². The number of amides is 1. The molecule has 6 heteroatoms. The Morgan fingerprint density at radius 3 is 2.52 bits per heavy atom. The molecule has 1 amide bonds. The maximum absolute atomic E-state index is 12.8. The zero-order chi connectivity index (χ0) is 14.7. The van der Waals surface area contributed by atoms with Crippen molar-refractivity contribution in [3.05, 3.63) is 0 Å². The van der Waals surface area contributed by atoms with E-state index >= 15 is 0 Å². The van der Waals surface area contributed by atoms with E-state index in [9.17, 15) is 13.2 Å². The highest BCUT2D eigenvalue weighted by molar-refractivity contribution is 7.89. The Bertz CT molecular complexity index is 551. The van der Waals surface area contributed by atoms with Crippen LogP contribution in [0.25, 0.3) is 0 Å². The Labute approximate surface area is 126 Å². The maximum Gasteiger partial charge on any atom is 0.220 e. The summed E-state index contributed by atoms with van der Waals surface area (Å²) in [6.07, 6.45) is 7.43. The summed E-state index contributed by atoms with van der Waals surface area (Å²) >= 11 is 0. The molecular weight excluding hydrogens is 288 g/mol. The number of hydrogen-bond acceptors (Lipinski definition) is 3. The first kappa shape index (κ1) is 14.0. The molecule has 0 aromatic rings. The lowest BCUT2D eigenvalue weighted by Gasteiger charge is -2.45. The van der Waals surface area contributed by atoms with Crippen LogP contribution < -0.4 is 5.32 Å². The maximum atomic E-state index is 12.8. The number of nitrogens with zero attached hydrogens (tertiary/aromatic N) is 1. The summed E-state index contributed by atoms with van der Waals surface area (Å²) in [6, 6.07) is 0.